The quantitative estimate of drug-likeness (QED) is 0.0441. The van der Waals surface area contributed by atoms with Gasteiger partial charge in [-0.1, -0.05) is 130 Å². The molecule has 0 aromatic heterocycles. The highest BCUT2D eigenvalue weighted by Gasteiger charge is 2.67. The standard InChI is InChI=1S/C26H40F2O3.C26H40F2O2.C25H38F2O3.C25H36F2O3.CH2Cl2/c1-16(14-26(27,28)22(29)31-5)19-8-9-20-18-7-6-17-15-23(2,30)12-13-24(17,3)21(18)10-11-25(19,20)4;1-16(14-26(27,28)17(2)29)20-8-9-21-19-7-6-18-15-23(3,30)12-13-24(18,4)22(19)10-11-25(20,21)5;2*1-15(14-25(26,27)22(29)30-4)19-7-8-20-18-6-5-16-13-17(28)9-11-23(16,2)21(18)10-12-24(19,20)3;2-1-3/h6,16,18-21,30H,7-15H2,1-5H3;6,16,19-22,30H,7-15H2,1-5H3;5,15,17-21,28H,6-14H2,1-4H3;5,15,18-21H,6-14H2,1-4H3;1H2/t16-,18+,19-,20+,21+,23+,24+,25-;16-,19+,20-,21+,22+,23+,24+,25-;15-,17+,18+,19-,20+,21+,23+,24-;15-,18+,19-,20+,21+,23+,24-;/m1111./s1. The Balaban J connectivity index is 0.000000149. The molecule has 124 heavy (non-hydrogen) atoms. The molecule has 0 heterocycles. The lowest BCUT2D eigenvalue weighted by Gasteiger charge is -2.59. The smallest absolute Gasteiger partial charge is 0.376 e. The monoisotopic (exact) mass is 1790 g/mol. The van der Waals surface area contributed by atoms with E-state index in [9.17, 15) is 74.4 Å². The van der Waals surface area contributed by atoms with Crippen LogP contribution in [0.1, 0.15) is 335 Å². The molecule has 16 aliphatic carbocycles. The van der Waals surface area contributed by atoms with Crippen LogP contribution in [0.15, 0.2) is 46.6 Å². The molecule has 704 valence electrons. The first kappa shape index (κ1) is 99.6. The fraction of sp³-hybridized carbons (Fsp3) is 0.874. The van der Waals surface area contributed by atoms with Crippen LogP contribution >= 0.6 is 23.2 Å². The van der Waals surface area contributed by atoms with E-state index < -0.39 is 77.8 Å². The minimum atomic E-state index is -3.41. The van der Waals surface area contributed by atoms with Crippen molar-refractivity contribution in [2.24, 2.45) is 162 Å². The van der Waals surface area contributed by atoms with E-state index in [0.717, 1.165) is 214 Å². The van der Waals surface area contributed by atoms with E-state index in [4.69, 9.17) is 23.2 Å². The topological polar surface area (TPSA) is 174 Å². The fourth-order valence-electron chi connectivity index (χ4n) is 33.7. The van der Waals surface area contributed by atoms with Crippen LogP contribution in [0, 0.1) is 162 Å². The number of ether oxygens (including phenoxy) is 3. The molecule has 21 heteroatoms. The first-order valence-electron chi connectivity index (χ1n) is 48.4. The van der Waals surface area contributed by atoms with Gasteiger partial charge in [-0.05, 0) is 368 Å². The number of fused-ring (bicyclic) bond motifs is 20. The van der Waals surface area contributed by atoms with Gasteiger partial charge in [0.15, 0.2) is 5.78 Å². The summed E-state index contributed by atoms with van der Waals surface area (Å²) in [7, 11) is 3.09. The van der Waals surface area contributed by atoms with Crippen molar-refractivity contribution in [3.63, 3.8) is 0 Å². The molecule has 0 spiro atoms. The Morgan fingerprint density at radius 2 is 0.669 bits per heavy atom. The van der Waals surface area contributed by atoms with Gasteiger partial charge >= 0.3 is 41.6 Å². The molecule has 0 unspecified atom stereocenters. The highest BCUT2D eigenvalue weighted by Crippen LogP contribution is 2.74. The predicted octanol–water partition coefficient (Wildman–Crippen LogP) is 25.9. The Morgan fingerprint density at radius 3 is 0.968 bits per heavy atom. The molecule has 0 radical (unpaired) electrons. The summed E-state index contributed by atoms with van der Waals surface area (Å²) in [4.78, 5) is 58.0. The fourth-order valence-corrected chi connectivity index (χ4v) is 33.7. The summed E-state index contributed by atoms with van der Waals surface area (Å²) in [6, 6.07) is 0. The van der Waals surface area contributed by atoms with Crippen LogP contribution < -0.4 is 0 Å². The van der Waals surface area contributed by atoms with E-state index in [-0.39, 0.29) is 109 Å². The molecule has 0 aromatic rings. The predicted molar refractivity (Wildman–Crippen MR) is 471 cm³/mol. The zero-order valence-corrected chi connectivity index (χ0v) is 80.0. The summed E-state index contributed by atoms with van der Waals surface area (Å²) in [5.74, 6) is -10.9. The summed E-state index contributed by atoms with van der Waals surface area (Å²) >= 11 is 9.53. The molecule has 11 nitrogen and oxygen atoms in total. The van der Waals surface area contributed by atoms with Crippen molar-refractivity contribution in [1.82, 2.24) is 0 Å². The van der Waals surface area contributed by atoms with Crippen LogP contribution in [0.5, 0.6) is 0 Å². The second-order valence-corrected chi connectivity index (χ2v) is 47.4. The van der Waals surface area contributed by atoms with Gasteiger partial charge in [-0.25, -0.2) is 14.4 Å². The maximum Gasteiger partial charge on any atom is 0.376 e. The molecular formula is C103H156Cl2F8O11. The summed E-state index contributed by atoms with van der Waals surface area (Å²) in [5, 5.41) is 31.6. The number of alkyl halides is 10. The Bertz CT molecular complexity index is 4010. The number of methoxy groups -OCH3 is 3. The van der Waals surface area contributed by atoms with Gasteiger partial charge in [0.05, 0.1) is 44.0 Å². The van der Waals surface area contributed by atoms with Gasteiger partial charge < -0.3 is 29.5 Å². The van der Waals surface area contributed by atoms with Crippen molar-refractivity contribution in [2.75, 3.05) is 26.7 Å². The molecule has 31 atom stereocenters. The minimum absolute atomic E-state index is 0.0545. The summed E-state index contributed by atoms with van der Waals surface area (Å²) in [6.07, 6.45) is 39.9. The zero-order chi connectivity index (χ0) is 91.4. The summed E-state index contributed by atoms with van der Waals surface area (Å²) in [6.45, 7) is 31.6. The number of hydrogen-bond donors (Lipinski definition) is 3. The van der Waals surface area contributed by atoms with Gasteiger partial charge in [-0.15, -0.1) is 23.2 Å². The molecule has 0 aromatic carbocycles. The van der Waals surface area contributed by atoms with E-state index in [1.807, 2.05) is 41.5 Å². The van der Waals surface area contributed by atoms with Crippen LogP contribution in [-0.2, 0) is 38.2 Å². The average molecular weight is 1790 g/mol. The van der Waals surface area contributed by atoms with Crippen LogP contribution in [0.2, 0.25) is 0 Å². The maximum absolute atomic E-state index is 14.3. The molecule has 16 rings (SSSR count). The number of aliphatic hydroxyl groups is 3. The lowest BCUT2D eigenvalue weighted by molar-refractivity contribution is -0.172. The number of esters is 3. The van der Waals surface area contributed by atoms with Gasteiger partial charge in [0.25, 0.3) is 0 Å². The molecule has 0 saturated heterocycles. The van der Waals surface area contributed by atoms with Gasteiger partial charge in [-0.2, -0.15) is 35.1 Å². The van der Waals surface area contributed by atoms with Crippen molar-refractivity contribution in [2.45, 2.75) is 376 Å². The number of allylic oxidation sites excluding steroid dienone is 5. The normalized spacial score (nSPS) is 43.8. The van der Waals surface area contributed by atoms with Gasteiger partial charge in [-0.3, -0.25) is 9.59 Å². The van der Waals surface area contributed by atoms with Crippen molar-refractivity contribution in [1.29, 1.82) is 0 Å². The molecule has 0 amide bonds. The highest BCUT2D eigenvalue weighted by molar-refractivity contribution is 6.40. The van der Waals surface area contributed by atoms with Crippen molar-refractivity contribution in [3.8, 4) is 0 Å². The molecule has 12 saturated carbocycles. The van der Waals surface area contributed by atoms with Crippen molar-refractivity contribution in [3.05, 3.63) is 46.6 Å². The van der Waals surface area contributed by atoms with Crippen molar-refractivity contribution >= 4 is 52.7 Å². The summed E-state index contributed by atoms with van der Waals surface area (Å²) < 4.78 is 127. The number of aliphatic hydroxyl groups excluding tert-OH is 1. The van der Waals surface area contributed by atoms with Crippen LogP contribution in [-0.4, -0.2) is 112 Å². The van der Waals surface area contributed by atoms with Crippen LogP contribution in [0.4, 0.5) is 35.1 Å². The maximum atomic E-state index is 14.3. The first-order valence-corrected chi connectivity index (χ1v) is 49.5. The second-order valence-electron chi connectivity index (χ2n) is 46.6. The molecule has 16 aliphatic rings. The van der Waals surface area contributed by atoms with E-state index >= 15 is 0 Å². The van der Waals surface area contributed by atoms with Crippen LogP contribution in [0.3, 0.4) is 0 Å². The number of halogens is 10. The van der Waals surface area contributed by atoms with E-state index in [1.165, 1.54) is 28.7 Å². The first-order chi connectivity index (χ1) is 57.6. The summed E-state index contributed by atoms with van der Waals surface area (Å²) in [5.41, 5.74) is 5.59. The van der Waals surface area contributed by atoms with Crippen molar-refractivity contribution < 1.29 is 88.6 Å². The van der Waals surface area contributed by atoms with Gasteiger partial charge in [0, 0.05) is 45.4 Å². The molecular weight excluding hydrogens is 1640 g/mol. The van der Waals surface area contributed by atoms with E-state index in [2.05, 4.69) is 93.9 Å². The zero-order valence-electron chi connectivity index (χ0n) is 78.5. The molecule has 0 aliphatic heterocycles. The number of carbonyl (C=O) groups excluding carboxylic acids is 5. The molecule has 3 N–H and O–H groups in total. The SMILES string of the molecule is CC(=O)C(F)(F)C[C@@H](C)[C@H]1CC[C@H]2[C@@H]3CC=C4C[C@@](C)(O)CC[C@]4(C)[C@H]3CC[C@]12C.COC(=O)C(F)(F)C[C@@H](C)[C@H]1CC[C@H]2[C@@H]3CC=C4CC(=O)CC[C@]4(C)[C@H]3CC[C@]12C.COC(=O)C(F)(F)C[C@@H](C)[C@H]1CC[C@H]2[C@@H]3CC=C4C[C@@H](O)CC[C@]4(C)[C@H]3CC[C@]12C.COC(=O)C(F)(F)C[C@@H](C)[C@H]1CC[C@H]2[C@@H]3CC=C4C[C@@](C)(O)CC[C@]4(C)[C@H]3CC[C@]12C.ClCCl. The largest absolute Gasteiger partial charge is 0.465 e. The lowest BCUT2D eigenvalue weighted by atomic mass is 9.46. The van der Waals surface area contributed by atoms with Gasteiger partial charge in [0.1, 0.15) is 5.78 Å². The number of Topliss-reactive ketones (excluding diaryl/α,β-unsaturated/α-hetero) is 2. The lowest BCUT2D eigenvalue weighted by Crippen LogP contribution is -2.52. The minimum Gasteiger partial charge on any atom is -0.465 e. The molecule has 12 fully saturated rings. The number of hydrogen-bond acceptors (Lipinski definition) is 11. The number of ketones is 2. The van der Waals surface area contributed by atoms with Crippen LogP contribution in [0.25, 0.3) is 0 Å². The third-order valence-corrected chi connectivity index (χ3v) is 40.1. The third kappa shape index (κ3) is 18.4. The van der Waals surface area contributed by atoms with E-state index in [0.29, 0.717) is 89.6 Å². The van der Waals surface area contributed by atoms with Gasteiger partial charge in [0.2, 0.25) is 0 Å². The highest BCUT2D eigenvalue weighted by atomic mass is 35.5. The number of rotatable bonds is 16. The Morgan fingerprint density at radius 1 is 0.395 bits per heavy atom. The Hall–Kier alpha value is -3.39. The van der Waals surface area contributed by atoms with E-state index in [1.54, 1.807) is 0 Å². The Labute approximate surface area is 748 Å². The average Bonchev–Trinajstić information content (AvgIpc) is 1.51. The molecule has 0 bridgehead atoms. The number of carbonyl (C=O) groups is 5. The third-order valence-electron chi connectivity index (χ3n) is 40.1. The Kier molecular flexibility index (Phi) is 29.4. The second kappa shape index (κ2) is 36.5.